The molecule has 0 bridgehead atoms. The van der Waals surface area contributed by atoms with E-state index in [1.165, 1.54) is 5.56 Å². The van der Waals surface area contributed by atoms with Gasteiger partial charge < -0.3 is 0 Å². The number of benzene rings is 2. The van der Waals surface area contributed by atoms with Crippen LogP contribution in [0.4, 0.5) is 0 Å². The fourth-order valence-corrected chi connectivity index (χ4v) is 2.89. The number of nitrogens with zero attached hydrogens (tertiary/aromatic N) is 2. The molecule has 24 heavy (non-hydrogen) atoms. The highest BCUT2D eigenvalue weighted by atomic mass is 14.9. The topological polar surface area (TPSA) is 25.8 Å². The summed E-state index contributed by atoms with van der Waals surface area (Å²) in [6, 6.07) is 16.7. The first-order valence-electron chi connectivity index (χ1n) is 8.18. The lowest BCUT2D eigenvalue weighted by Gasteiger charge is -2.10. The molecule has 0 radical (unpaired) electrons. The molecule has 4 rings (SSSR count). The van der Waals surface area contributed by atoms with Gasteiger partial charge in [0.1, 0.15) is 0 Å². The van der Waals surface area contributed by atoms with Crippen molar-refractivity contribution in [2.75, 3.05) is 0 Å². The summed E-state index contributed by atoms with van der Waals surface area (Å²) in [6.45, 7) is 2.10. The number of allylic oxidation sites excluding steroid dienone is 6. The number of aryl methyl sites for hydroxylation is 1. The Hall–Kier alpha value is -3.00. The lowest BCUT2D eigenvalue weighted by Crippen LogP contribution is -1.98. The zero-order valence-electron chi connectivity index (χ0n) is 13.6. The summed E-state index contributed by atoms with van der Waals surface area (Å²) >= 11 is 0. The van der Waals surface area contributed by atoms with Crippen molar-refractivity contribution in [2.45, 2.75) is 13.3 Å². The smallest absolute Gasteiger partial charge is 0.156 e. The number of hydrogen-bond acceptors (Lipinski definition) is 2. The molecule has 0 unspecified atom stereocenters. The summed E-state index contributed by atoms with van der Waals surface area (Å²) in [5, 5.41) is 1.09. The van der Waals surface area contributed by atoms with Crippen molar-refractivity contribution in [3.63, 3.8) is 0 Å². The largest absolute Gasteiger partial charge is 0.228 e. The van der Waals surface area contributed by atoms with Crippen LogP contribution in [0.1, 0.15) is 17.8 Å². The summed E-state index contributed by atoms with van der Waals surface area (Å²) in [5.74, 6) is 0.806. The Balaban J connectivity index is 1.94. The molecule has 0 aliphatic heterocycles. The molecule has 2 aromatic carbocycles. The molecule has 1 aliphatic rings. The van der Waals surface area contributed by atoms with E-state index in [4.69, 9.17) is 9.97 Å². The van der Waals surface area contributed by atoms with Gasteiger partial charge in [-0.3, -0.25) is 0 Å². The molecule has 116 valence electrons. The summed E-state index contributed by atoms with van der Waals surface area (Å²) in [5.41, 5.74) is 5.49. The van der Waals surface area contributed by atoms with Crippen LogP contribution in [0.15, 0.2) is 78.9 Å². The third-order valence-electron chi connectivity index (χ3n) is 4.21. The molecular weight excluding hydrogens is 292 g/mol. The summed E-state index contributed by atoms with van der Waals surface area (Å²) < 4.78 is 0. The fourth-order valence-electron chi connectivity index (χ4n) is 2.89. The Morgan fingerprint density at radius 3 is 2.54 bits per heavy atom. The zero-order chi connectivity index (χ0) is 16.4. The number of para-hydroxylation sites is 1. The van der Waals surface area contributed by atoms with Crippen molar-refractivity contribution in [3.8, 4) is 11.3 Å². The Morgan fingerprint density at radius 1 is 0.833 bits per heavy atom. The molecule has 0 saturated carbocycles. The van der Waals surface area contributed by atoms with E-state index < -0.39 is 0 Å². The van der Waals surface area contributed by atoms with Gasteiger partial charge in [-0.05, 0) is 19.4 Å². The van der Waals surface area contributed by atoms with Gasteiger partial charge in [-0.25, -0.2) is 9.97 Å². The summed E-state index contributed by atoms with van der Waals surface area (Å²) in [6.07, 6.45) is 11.2. The highest BCUT2D eigenvalue weighted by Crippen LogP contribution is 2.29. The number of rotatable bonds is 2. The molecule has 1 aromatic heterocycles. The molecule has 0 saturated heterocycles. The van der Waals surface area contributed by atoms with Gasteiger partial charge in [-0.1, -0.05) is 78.4 Å². The Morgan fingerprint density at radius 2 is 1.67 bits per heavy atom. The van der Waals surface area contributed by atoms with E-state index in [9.17, 15) is 0 Å². The van der Waals surface area contributed by atoms with Crippen LogP contribution in [-0.4, -0.2) is 9.97 Å². The van der Waals surface area contributed by atoms with Crippen LogP contribution in [0.5, 0.6) is 0 Å². The van der Waals surface area contributed by atoms with Gasteiger partial charge in [-0.15, -0.1) is 0 Å². The van der Waals surface area contributed by atoms with Crippen LogP contribution < -0.4 is 0 Å². The lowest BCUT2D eigenvalue weighted by atomic mass is 10.0. The zero-order valence-corrected chi connectivity index (χ0v) is 13.6. The van der Waals surface area contributed by atoms with Gasteiger partial charge in [0.25, 0.3) is 0 Å². The average Bonchev–Trinajstić information content (AvgIpc) is 2.91. The molecule has 2 nitrogen and oxygen atoms in total. The van der Waals surface area contributed by atoms with Gasteiger partial charge >= 0.3 is 0 Å². The second-order valence-electron chi connectivity index (χ2n) is 5.99. The van der Waals surface area contributed by atoms with Crippen LogP contribution >= 0.6 is 0 Å². The molecule has 1 aliphatic carbocycles. The highest BCUT2D eigenvalue weighted by Gasteiger charge is 2.12. The minimum absolute atomic E-state index is 0.806. The molecule has 0 amide bonds. The lowest BCUT2D eigenvalue weighted by molar-refractivity contribution is 1.14. The van der Waals surface area contributed by atoms with Gasteiger partial charge in [0.05, 0.1) is 11.2 Å². The van der Waals surface area contributed by atoms with Crippen LogP contribution in [0, 0.1) is 6.92 Å². The maximum atomic E-state index is 4.92. The standard InChI is InChI=1S/C22H18N2/c1-16-12-14-17(15-13-16)21-19-10-6-7-11-20(19)23-22(24-21)18-8-4-2-3-5-9-18/h2-8,10-15H,9H2,1H3. The molecule has 2 heteroatoms. The second-order valence-corrected chi connectivity index (χ2v) is 5.99. The first kappa shape index (κ1) is 14.6. The van der Waals surface area contributed by atoms with Crippen LogP contribution in [0.25, 0.3) is 27.7 Å². The first-order chi connectivity index (χ1) is 11.8. The Kier molecular flexibility index (Phi) is 3.80. The van der Waals surface area contributed by atoms with E-state index in [-0.39, 0.29) is 0 Å². The Labute approximate surface area is 141 Å². The average molecular weight is 310 g/mol. The van der Waals surface area contributed by atoms with Crippen molar-refractivity contribution in [1.82, 2.24) is 9.97 Å². The molecule has 0 N–H and O–H groups in total. The SMILES string of the molecule is Cc1ccc(-c2nc(C3=CC=CC=CC3)nc3ccccc23)cc1. The molecule has 0 atom stereocenters. The van der Waals surface area contributed by atoms with Gasteiger partial charge in [0.2, 0.25) is 0 Å². The summed E-state index contributed by atoms with van der Waals surface area (Å²) in [4.78, 5) is 9.72. The van der Waals surface area contributed by atoms with E-state index in [2.05, 4.69) is 61.5 Å². The van der Waals surface area contributed by atoms with E-state index >= 15 is 0 Å². The highest BCUT2D eigenvalue weighted by molar-refractivity contribution is 5.93. The van der Waals surface area contributed by atoms with Crippen molar-refractivity contribution in [1.29, 1.82) is 0 Å². The van der Waals surface area contributed by atoms with Crippen molar-refractivity contribution in [3.05, 3.63) is 90.3 Å². The molecule has 0 fully saturated rings. The van der Waals surface area contributed by atoms with Gasteiger partial charge in [-0.2, -0.15) is 0 Å². The van der Waals surface area contributed by atoms with E-state index in [1.54, 1.807) is 0 Å². The molecular formula is C22H18N2. The predicted molar refractivity (Wildman–Crippen MR) is 101 cm³/mol. The van der Waals surface area contributed by atoms with Crippen LogP contribution in [0.3, 0.4) is 0 Å². The van der Waals surface area contributed by atoms with E-state index in [0.29, 0.717) is 0 Å². The summed E-state index contributed by atoms with van der Waals surface area (Å²) in [7, 11) is 0. The maximum absolute atomic E-state index is 4.92. The van der Waals surface area contributed by atoms with Gasteiger partial charge in [0, 0.05) is 16.5 Å². The monoisotopic (exact) mass is 310 g/mol. The molecule has 0 spiro atoms. The quantitative estimate of drug-likeness (QED) is 0.624. The number of fused-ring (bicyclic) bond motifs is 1. The van der Waals surface area contributed by atoms with Crippen molar-refractivity contribution < 1.29 is 0 Å². The third-order valence-corrected chi connectivity index (χ3v) is 4.21. The normalized spacial score (nSPS) is 13.8. The number of hydrogen-bond donors (Lipinski definition) is 0. The number of aromatic nitrogens is 2. The second kappa shape index (κ2) is 6.25. The molecule has 1 heterocycles. The van der Waals surface area contributed by atoms with E-state index in [0.717, 1.165) is 40.0 Å². The van der Waals surface area contributed by atoms with E-state index in [1.807, 2.05) is 24.3 Å². The molecule has 3 aromatic rings. The predicted octanol–water partition coefficient (Wildman–Crippen LogP) is 5.50. The minimum Gasteiger partial charge on any atom is -0.228 e. The maximum Gasteiger partial charge on any atom is 0.156 e. The Bertz CT molecular complexity index is 977. The fraction of sp³-hybridized carbons (Fsp3) is 0.0909. The van der Waals surface area contributed by atoms with Gasteiger partial charge in [0.15, 0.2) is 5.82 Å². The van der Waals surface area contributed by atoms with Crippen molar-refractivity contribution >= 4 is 16.5 Å². The van der Waals surface area contributed by atoms with Crippen molar-refractivity contribution in [2.24, 2.45) is 0 Å². The first-order valence-corrected chi connectivity index (χ1v) is 8.18. The minimum atomic E-state index is 0.806. The van der Waals surface area contributed by atoms with Crippen LogP contribution in [-0.2, 0) is 0 Å². The third kappa shape index (κ3) is 2.79. The van der Waals surface area contributed by atoms with Crippen LogP contribution in [0.2, 0.25) is 0 Å².